The number of rotatable bonds is 3. The molecule has 2 aromatic rings. The van der Waals surface area contributed by atoms with Crippen molar-refractivity contribution in [1.82, 2.24) is 9.55 Å². The van der Waals surface area contributed by atoms with Crippen molar-refractivity contribution in [3.8, 4) is 0 Å². The van der Waals surface area contributed by atoms with Gasteiger partial charge in [0.1, 0.15) is 12.3 Å². The molecular weight excluding hydrogens is 226 g/mol. The van der Waals surface area contributed by atoms with Crippen LogP contribution in [0.3, 0.4) is 0 Å². The molecule has 92 valence electrons. The Labute approximate surface area is 106 Å². The fraction of sp³-hybridized carbons (Fsp3) is 0.286. The quantitative estimate of drug-likeness (QED) is 0.822. The largest absolute Gasteiger partial charge is 0.474 e. The normalized spacial score (nSPS) is 18.5. The monoisotopic (exact) mass is 241 g/mol. The van der Waals surface area contributed by atoms with Crippen LogP contribution in [-0.2, 0) is 18.2 Å². The summed E-state index contributed by atoms with van der Waals surface area (Å²) in [6, 6.07) is 10.6. The van der Waals surface area contributed by atoms with Gasteiger partial charge in [0.15, 0.2) is 0 Å². The van der Waals surface area contributed by atoms with E-state index in [-0.39, 0.29) is 6.04 Å². The molecule has 1 unspecified atom stereocenters. The highest BCUT2D eigenvalue weighted by Gasteiger charge is 2.21. The number of aliphatic imine (C=N–C) groups is 1. The second-order valence-electron chi connectivity index (χ2n) is 4.51. The first-order valence-electron chi connectivity index (χ1n) is 6.04. The number of aryl methyl sites for hydroxylation is 1. The predicted molar refractivity (Wildman–Crippen MR) is 69.6 cm³/mol. The molecule has 0 bridgehead atoms. The van der Waals surface area contributed by atoms with Gasteiger partial charge >= 0.3 is 0 Å². The lowest BCUT2D eigenvalue weighted by molar-refractivity contribution is 0.316. The van der Waals surface area contributed by atoms with E-state index in [0.29, 0.717) is 12.5 Å². The summed E-state index contributed by atoms with van der Waals surface area (Å²) in [6.45, 7) is 0.640. The molecule has 1 atom stereocenters. The molecule has 3 rings (SSSR count). The van der Waals surface area contributed by atoms with Gasteiger partial charge in [-0.05, 0) is 12.0 Å². The van der Waals surface area contributed by atoms with Gasteiger partial charge in [-0.15, -0.1) is 0 Å². The minimum atomic E-state index is 0.199. The average molecular weight is 241 g/mol. The third-order valence-electron chi connectivity index (χ3n) is 2.95. The van der Waals surface area contributed by atoms with Crippen molar-refractivity contribution in [3.05, 3.63) is 54.1 Å². The van der Waals surface area contributed by atoms with Crippen LogP contribution >= 0.6 is 0 Å². The van der Waals surface area contributed by atoms with Crippen LogP contribution in [0, 0.1) is 0 Å². The Kier molecular flexibility index (Phi) is 2.84. The first kappa shape index (κ1) is 11.0. The molecule has 1 aliphatic rings. The lowest BCUT2D eigenvalue weighted by Gasteiger charge is -2.03. The third kappa shape index (κ3) is 2.27. The molecule has 0 saturated heterocycles. The summed E-state index contributed by atoms with van der Waals surface area (Å²) in [7, 11) is 1.94. The van der Waals surface area contributed by atoms with Crippen LogP contribution in [0.1, 0.15) is 11.3 Å². The van der Waals surface area contributed by atoms with Gasteiger partial charge in [-0.3, -0.25) is 0 Å². The Morgan fingerprint density at radius 2 is 2.17 bits per heavy atom. The molecule has 0 spiro atoms. The van der Waals surface area contributed by atoms with E-state index < -0.39 is 0 Å². The minimum absolute atomic E-state index is 0.199. The Bertz CT molecular complexity index is 559. The zero-order chi connectivity index (χ0) is 12.4. The van der Waals surface area contributed by atoms with E-state index in [2.05, 4.69) is 34.2 Å². The first-order chi connectivity index (χ1) is 8.81. The summed E-state index contributed by atoms with van der Waals surface area (Å²) in [6.07, 6.45) is 4.59. The number of aromatic nitrogens is 2. The van der Waals surface area contributed by atoms with E-state index in [9.17, 15) is 0 Å². The standard InChI is InChI=1S/C14H15N3O/c1-17-8-13(15-10-17)14-16-12(9-18-14)7-11-5-3-2-4-6-11/h2-6,8,10,12H,7,9H2,1H3. The second-order valence-corrected chi connectivity index (χ2v) is 4.51. The SMILES string of the molecule is Cn1cnc(C2=NC(Cc3ccccc3)CO2)c1. The van der Waals surface area contributed by atoms with Gasteiger partial charge in [0.05, 0.1) is 12.4 Å². The Balaban J connectivity index is 1.72. The van der Waals surface area contributed by atoms with Crippen LogP contribution in [0.5, 0.6) is 0 Å². The zero-order valence-electron chi connectivity index (χ0n) is 10.3. The van der Waals surface area contributed by atoms with E-state index in [4.69, 9.17) is 4.74 Å². The van der Waals surface area contributed by atoms with E-state index in [1.165, 1.54) is 5.56 Å². The molecular formula is C14H15N3O. The molecule has 2 heterocycles. The van der Waals surface area contributed by atoms with Crippen molar-refractivity contribution in [2.45, 2.75) is 12.5 Å². The number of imidazole rings is 1. The second kappa shape index (κ2) is 4.64. The lowest BCUT2D eigenvalue weighted by atomic mass is 10.1. The van der Waals surface area contributed by atoms with Crippen LogP contribution in [0.2, 0.25) is 0 Å². The van der Waals surface area contributed by atoms with Gasteiger partial charge in [0, 0.05) is 13.2 Å². The summed E-state index contributed by atoms with van der Waals surface area (Å²) >= 11 is 0. The highest BCUT2D eigenvalue weighted by Crippen LogP contribution is 2.14. The molecule has 0 fully saturated rings. The molecule has 18 heavy (non-hydrogen) atoms. The fourth-order valence-corrected chi connectivity index (χ4v) is 2.07. The maximum absolute atomic E-state index is 5.61. The number of hydrogen-bond donors (Lipinski definition) is 0. The molecule has 4 nitrogen and oxygen atoms in total. The molecule has 0 N–H and O–H groups in total. The van der Waals surface area contributed by atoms with Crippen molar-refractivity contribution < 1.29 is 4.74 Å². The molecule has 0 aliphatic carbocycles. The van der Waals surface area contributed by atoms with Gasteiger partial charge in [-0.25, -0.2) is 9.98 Å². The molecule has 0 amide bonds. The molecule has 0 saturated carbocycles. The van der Waals surface area contributed by atoms with Gasteiger partial charge in [0.2, 0.25) is 5.90 Å². The highest BCUT2D eigenvalue weighted by atomic mass is 16.5. The van der Waals surface area contributed by atoms with Gasteiger partial charge < -0.3 is 9.30 Å². The smallest absolute Gasteiger partial charge is 0.237 e. The van der Waals surface area contributed by atoms with Gasteiger partial charge in [-0.2, -0.15) is 0 Å². The van der Waals surface area contributed by atoms with Crippen LogP contribution in [-0.4, -0.2) is 28.1 Å². The summed E-state index contributed by atoms with van der Waals surface area (Å²) in [5, 5.41) is 0. The zero-order valence-corrected chi connectivity index (χ0v) is 10.3. The van der Waals surface area contributed by atoms with Crippen molar-refractivity contribution in [2.24, 2.45) is 12.0 Å². The summed E-state index contributed by atoms with van der Waals surface area (Å²) in [5.41, 5.74) is 2.10. The average Bonchev–Trinajstić information content (AvgIpc) is 2.99. The predicted octanol–water partition coefficient (Wildman–Crippen LogP) is 1.81. The van der Waals surface area contributed by atoms with Crippen molar-refractivity contribution >= 4 is 5.90 Å². The Morgan fingerprint density at radius 1 is 1.33 bits per heavy atom. The van der Waals surface area contributed by atoms with Crippen LogP contribution in [0.15, 0.2) is 47.8 Å². The maximum atomic E-state index is 5.61. The number of benzene rings is 1. The summed E-state index contributed by atoms with van der Waals surface area (Å²) in [4.78, 5) is 8.83. The molecule has 4 heteroatoms. The van der Waals surface area contributed by atoms with Crippen LogP contribution in [0.25, 0.3) is 0 Å². The van der Waals surface area contributed by atoms with Crippen molar-refractivity contribution in [1.29, 1.82) is 0 Å². The number of nitrogens with zero attached hydrogens (tertiary/aromatic N) is 3. The first-order valence-corrected chi connectivity index (χ1v) is 6.04. The highest BCUT2D eigenvalue weighted by molar-refractivity contribution is 5.93. The van der Waals surface area contributed by atoms with Crippen LogP contribution < -0.4 is 0 Å². The van der Waals surface area contributed by atoms with Gasteiger partial charge in [-0.1, -0.05) is 30.3 Å². The summed E-state index contributed by atoms with van der Waals surface area (Å²) in [5.74, 6) is 0.663. The van der Waals surface area contributed by atoms with E-state index in [1.54, 1.807) is 6.33 Å². The van der Waals surface area contributed by atoms with E-state index in [0.717, 1.165) is 12.1 Å². The topological polar surface area (TPSA) is 39.4 Å². The van der Waals surface area contributed by atoms with Crippen LogP contribution in [0.4, 0.5) is 0 Å². The Hall–Kier alpha value is -2.10. The number of ether oxygens (including phenoxy) is 1. The Morgan fingerprint density at radius 3 is 2.89 bits per heavy atom. The number of hydrogen-bond acceptors (Lipinski definition) is 3. The van der Waals surface area contributed by atoms with E-state index >= 15 is 0 Å². The maximum Gasteiger partial charge on any atom is 0.237 e. The third-order valence-corrected chi connectivity index (χ3v) is 2.95. The van der Waals surface area contributed by atoms with Crippen molar-refractivity contribution in [2.75, 3.05) is 6.61 Å². The molecule has 0 radical (unpaired) electrons. The summed E-state index contributed by atoms with van der Waals surface area (Å²) < 4.78 is 7.51. The fourth-order valence-electron chi connectivity index (χ4n) is 2.07. The van der Waals surface area contributed by atoms with Gasteiger partial charge in [0.25, 0.3) is 0 Å². The van der Waals surface area contributed by atoms with E-state index in [1.807, 2.05) is 23.9 Å². The van der Waals surface area contributed by atoms with Crippen molar-refractivity contribution in [3.63, 3.8) is 0 Å². The lowest BCUT2D eigenvalue weighted by Crippen LogP contribution is -2.09. The molecule has 1 aromatic carbocycles. The molecule has 1 aliphatic heterocycles. The molecule has 1 aromatic heterocycles. The minimum Gasteiger partial charge on any atom is -0.474 e.